The van der Waals surface area contributed by atoms with Crippen molar-refractivity contribution in [2.45, 2.75) is 64.5 Å². The molecule has 1 aliphatic carbocycles. The third kappa shape index (κ3) is 4.94. The number of hydrogen-bond acceptors (Lipinski definition) is 3. The van der Waals surface area contributed by atoms with Gasteiger partial charge in [-0.25, -0.2) is 0 Å². The minimum Gasteiger partial charge on any atom is -0.368 e. The lowest BCUT2D eigenvalue weighted by molar-refractivity contribution is -0.124. The first-order chi connectivity index (χ1) is 8.51. The van der Waals surface area contributed by atoms with Crippen LogP contribution in [0.2, 0.25) is 0 Å². The van der Waals surface area contributed by atoms with Crippen LogP contribution in [0.15, 0.2) is 0 Å². The lowest BCUT2D eigenvalue weighted by atomic mass is 9.94. The fourth-order valence-corrected chi connectivity index (χ4v) is 2.35. The average molecular weight is 255 g/mol. The number of nitrogens with one attached hydrogen (secondary N) is 1. The number of carbonyl (C=O) groups is 1. The quantitative estimate of drug-likeness (QED) is 0.622. The van der Waals surface area contributed by atoms with Gasteiger partial charge in [0.15, 0.2) is 0 Å². The Morgan fingerprint density at radius 3 is 2.50 bits per heavy atom. The summed E-state index contributed by atoms with van der Waals surface area (Å²) in [5.41, 5.74) is 5.02. The Morgan fingerprint density at radius 2 is 2.06 bits per heavy atom. The predicted octanol–water partition coefficient (Wildman–Crippen LogP) is 1.49. The van der Waals surface area contributed by atoms with Gasteiger partial charge in [-0.1, -0.05) is 13.8 Å². The van der Waals surface area contributed by atoms with E-state index in [9.17, 15) is 4.79 Å². The highest BCUT2D eigenvalue weighted by Gasteiger charge is 2.36. The number of amides is 1. The molecule has 1 atom stereocenters. The fraction of sp³-hybridized carbons (Fsp3) is 0.929. The molecule has 1 rings (SSSR count). The number of primary amides is 1. The zero-order chi connectivity index (χ0) is 13.6. The Bertz CT molecular complexity index is 266. The Labute approximate surface area is 111 Å². The highest BCUT2D eigenvalue weighted by Crippen LogP contribution is 2.24. The SMILES string of the molecule is CCCN(CC)CCCC(C)(NC1CC1)C(N)=O. The number of hydrogen-bond donors (Lipinski definition) is 2. The molecule has 0 aliphatic heterocycles. The normalized spacial score (nSPS) is 18.9. The number of nitrogens with zero attached hydrogens (tertiary/aromatic N) is 1. The van der Waals surface area contributed by atoms with Gasteiger partial charge in [0.2, 0.25) is 5.91 Å². The molecule has 1 saturated carbocycles. The molecule has 1 amide bonds. The van der Waals surface area contributed by atoms with E-state index in [1.165, 1.54) is 19.3 Å². The summed E-state index contributed by atoms with van der Waals surface area (Å²) >= 11 is 0. The molecule has 0 heterocycles. The van der Waals surface area contributed by atoms with Crippen molar-refractivity contribution in [1.29, 1.82) is 0 Å². The summed E-state index contributed by atoms with van der Waals surface area (Å²) in [5, 5.41) is 3.40. The van der Waals surface area contributed by atoms with Crippen LogP contribution in [0.25, 0.3) is 0 Å². The molecule has 1 unspecified atom stereocenters. The standard InChI is InChI=1S/C14H29N3O/c1-4-10-17(5-2)11-6-9-14(3,13(15)18)16-12-7-8-12/h12,16H,4-11H2,1-3H3,(H2,15,18). The lowest BCUT2D eigenvalue weighted by Gasteiger charge is -2.29. The second-order valence-electron chi connectivity index (χ2n) is 5.65. The second-order valence-corrected chi connectivity index (χ2v) is 5.65. The van der Waals surface area contributed by atoms with Crippen LogP contribution in [0.5, 0.6) is 0 Å². The molecular formula is C14H29N3O. The van der Waals surface area contributed by atoms with E-state index in [1.54, 1.807) is 0 Å². The average Bonchev–Trinajstić information content (AvgIpc) is 3.11. The van der Waals surface area contributed by atoms with Crippen molar-refractivity contribution in [2.75, 3.05) is 19.6 Å². The molecule has 0 aromatic carbocycles. The third-order valence-electron chi connectivity index (χ3n) is 3.78. The molecule has 1 fully saturated rings. The van der Waals surface area contributed by atoms with Crippen LogP contribution in [-0.2, 0) is 4.79 Å². The first-order valence-electron chi connectivity index (χ1n) is 7.31. The van der Waals surface area contributed by atoms with Gasteiger partial charge in [-0.15, -0.1) is 0 Å². The summed E-state index contributed by atoms with van der Waals surface area (Å²) in [4.78, 5) is 14.0. The van der Waals surface area contributed by atoms with Crippen molar-refractivity contribution in [3.05, 3.63) is 0 Å². The van der Waals surface area contributed by atoms with Gasteiger partial charge in [0.05, 0.1) is 5.54 Å². The summed E-state index contributed by atoms with van der Waals surface area (Å²) in [6, 6.07) is 0.514. The summed E-state index contributed by atoms with van der Waals surface area (Å²) in [6.45, 7) is 9.61. The molecular weight excluding hydrogens is 226 g/mol. The van der Waals surface area contributed by atoms with E-state index in [0.29, 0.717) is 6.04 Å². The number of nitrogens with two attached hydrogens (primary N) is 1. The first-order valence-corrected chi connectivity index (χ1v) is 7.31. The number of rotatable bonds is 10. The molecule has 4 nitrogen and oxygen atoms in total. The highest BCUT2D eigenvalue weighted by atomic mass is 16.1. The molecule has 18 heavy (non-hydrogen) atoms. The zero-order valence-corrected chi connectivity index (χ0v) is 12.2. The van der Waals surface area contributed by atoms with Crippen LogP contribution in [0, 0.1) is 0 Å². The summed E-state index contributed by atoms with van der Waals surface area (Å²) in [5.74, 6) is -0.215. The summed E-state index contributed by atoms with van der Waals surface area (Å²) in [7, 11) is 0. The second kappa shape index (κ2) is 7.10. The molecule has 106 valence electrons. The van der Waals surface area contributed by atoms with E-state index in [0.717, 1.165) is 32.5 Å². The number of carbonyl (C=O) groups excluding carboxylic acids is 1. The van der Waals surface area contributed by atoms with E-state index in [4.69, 9.17) is 5.73 Å². The molecule has 3 N–H and O–H groups in total. The largest absolute Gasteiger partial charge is 0.368 e. The van der Waals surface area contributed by atoms with Crippen LogP contribution in [0.4, 0.5) is 0 Å². The predicted molar refractivity (Wildman–Crippen MR) is 75.4 cm³/mol. The van der Waals surface area contributed by atoms with Crippen molar-refractivity contribution < 1.29 is 4.79 Å². The van der Waals surface area contributed by atoms with Gasteiger partial charge >= 0.3 is 0 Å². The Morgan fingerprint density at radius 1 is 1.39 bits per heavy atom. The lowest BCUT2D eigenvalue weighted by Crippen LogP contribution is -2.54. The van der Waals surface area contributed by atoms with Gasteiger partial charge in [0.1, 0.15) is 0 Å². The van der Waals surface area contributed by atoms with Crippen LogP contribution >= 0.6 is 0 Å². The molecule has 0 aromatic rings. The Balaban J connectivity index is 2.34. The van der Waals surface area contributed by atoms with Crippen LogP contribution in [0.3, 0.4) is 0 Å². The third-order valence-corrected chi connectivity index (χ3v) is 3.78. The van der Waals surface area contributed by atoms with Crippen LogP contribution < -0.4 is 11.1 Å². The summed E-state index contributed by atoms with van der Waals surface area (Å²) in [6.07, 6.45) is 5.40. The van der Waals surface area contributed by atoms with E-state index >= 15 is 0 Å². The topological polar surface area (TPSA) is 58.4 Å². The molecule has 0 aromatic heterocycles. The molecule has 0 saturated heterocycles. The van der Waals surface area contributed by atoms with Crippen LogP contribution in [0.1, 0.15) is 52.9 Å². The molecule has 1 aliphatic rings. The molecule has 0 spiro atoms. The molecule has 0 radical (unpaired) electrons. The first kappa shape index (κ1) is 15.4. The Kier molecular flexibility index (Phi) is 6.09. The van der Waals surface area contributed by atoms with Gasteiger partial charge in [0, 0.05) is 6.04 Å². The highest BCUT2D eigenvalue weighted by molar-refractivity contribution is 5.84. The van der Waals surface area contributed by atoms with Gasteiger partial charge in [0.25, 0.3) is 0 Å². The van der Waals surface area contributed by atoms with E-state index < -0.39 is 5.54 Å². The van der Waals surface area contributed by atoms with E-state index in [2.05, 4.69) is 24.1 Å². The van der Waals surface area contributed by atoms with Crippen molar-refractivity contribution in [3.8, 4) is 0 Å². The fourth-order valence-electron chi connectivity index (χ4n) is 2.35. The van der Waals surface area contributed by atoms with E-state index in [1.807, 2.05) is 6.92 Å². The molecule has 4 heteroatoms. The van der Waals surface area contributed by atoms with Crippen molar-refractivity contribution in [1.82, 2.24) is 10.2 Å². The Hall–Kier alpha value is -0.610. The minimum absolute atomic E-state index is 0.215. The minimum atomic E-state index is -0.521. The monoisotopic (exact) mass is 255 g/mol. The molecule has 0 bridgehead atoms. The van der Waals surface area contributed by atoms with Gasteiger partial charge in [-0.3, -0.25) is 4.79 Å². The van der Waals surface area contributed by atoms with Gasteiger partial charge in [-0.05, 0) is 58.7 Å². The maximum atomic E-state index is 11.6. The zero-order valence-electron chi connectivity index (χ0n) is 12.2. The van der Waals surface area contributed by atoms with Crippen molar-refractivity contribution in [3.63, 3.8) is 0 Å². The maximum Gasteiger partial charge on any atom is 0.237 e. The van der Waals surface area contributed by atoms with Crippen molar-refractivity contribution >= 4 is 5.91 Å². The van der Waals surface area contributed by atoms with Gasteiger partial charge < -0.3 is 16.0 Å². The van der Waals surface area contributed by atoms with Crippen LogP contribution in [-0.4, -0.2) is 42.0 Å². The van der Waals surface area contributed by atoms with Crippen molar-refractivity contribution in [2.24, 2.45) is 5.73 Å². The van der Waals surface area contributed by atoms with E-state index in [-0.39, 0.29) is 5.91 Å². The smallest absolute Gasteiger partial charge is 0.237 e. The van der Waals surface area contributed by atoms with Gasteiger partial charge in [-0.2, -0.15) is 0 Å². The summed E-state index contributed by atoms with van der Waals surface area (Å²) < 4.78 is 0. The maximum absolute atomic E-state index is 11.6.